The fraction of sp³-hybridized carbons (Fsp3) is 0.211. The summed E-state index contributed by atoms with van der Waals surface area (Å²) in [6.45, 7) is 2.40. The number of hydrogen-bond acceptors (Lipinski definition) is 7. The van der Waals surface area contributed by atoms with Gasteiger partial charge in [0.15, 0.2) is 0 Å². The zero-order valence-corrected chi connectivity index (χ0v) is 17.1. The average Bonchev–Trinajstić information content (AvgIpc) is 2.71. The molecule has 1 aliphatic rings. The molecule has 158 valence electrons. The van der Waals surface area contributed by atoms with Gasteiger partial charge in [-0.3, -0.25) is 9.78 Å². The van der Waals surface area contributed by atoms with Crippen LogP contribution in [0, 0.1) is 35.4 Å². The Hall–Kier alpha value is -4.03. The minimum absolute atomic E-state index is 0.233. The standard InChI is InChI=1S/C19H15FN6O4S/c1-10-5-12(6-21)8-23-17(10)11(2)24-16(27)9-26-19(28)25-15-4-3-14(20)13(7-22)18(15)31(26,29)30/h3-5,8,11H,9H2,1-2H3,(H,24,27)(H,25,28)/t11-/m1/s1. The van der Waals surface area contributed by atoms with Gasteiger partial charge in [0, 0.05) is 6.20 Å². The van der Waals surface area contributed by atoms with Crippen molar-refractivity contribution in [2.75, 3.05) is 11.9 Å². The molecule has 0 bridgehead atoms. The van der Waals surface area contributed by atoms with Gasteiger partial charge in [0.2, 0.25) is 5.91 Å². The van der Waals surface area contributed by atoms with Crippen LogP contribution < -0.4 is 10.6 Å². The number of rotatable bonds is 4. The van der Waals surface area contributed by atoms with E-state index in [2.05, 4.69) is 15.6 Å². The van der Waals surface area contributed by atoms with Gasteiger partial charge >= 0.3 is 6.03 Å². The number of nitriles is 2. The van der Waals surface area contributed by atoms with E-state index in [-0.39, 0.29) is 9.99 Å². The number of hydrogen-bond donors (Lipinski definition) is 2. The molecule has 31 heavy (non-hydrogen) atoms. The van der Waals surface area contributed by atoms with E-state index in [1.807, 2.05) is 6.07 Å². The van der Waals surface area contributed by atoms with Gasteiger partial charge < -0.3 is 10.6 Å². The van der Waals surface area contributed by atoms with E-state index < -0.39 is 50.8 Å². The summed E-state index contributed by atoms with van der Waals surface area (Å²) in [6.07, 6.45) is 1.34. The second kappa shape index (κ2) is 8.01. The molecule has 1 aliphatic heterocycles. The Kier molecular flexibility index (Phi) is 5.60. The third kappa shape index (κ3) is 3.89. The predicted octanol–water partition coefficient (Wildman–Crippen LogP) is 1.69. The van der Waals surface area contributed by atoms with Crippen molar-refractivity contribution in [1.29, 1.82) is 10.5 Å². The van der Waals surface area contributed by atoms with Gasteiger partial charge in [-0.15, -0.1) is 0 Å². The Morgan fingerprint density at radius 3 is 2.68 bits per heavy atom. The molecule has 2 heterocycles. The number of carbonyl (C=O) groups excluding carboxylic acids is 2. The second-order valence-corrected chi connectivity index (χ2v) is 8.48. The fourth-order valence-corrected chi connectivity index (χ4v) is 4.74. The first kappa shape index (κ1) is 21.7. The van der Waals surface area contributed by atoms with Gasteiger partial charge in [0.25, 0.3) is 10.0 Å². The van der Waals surface area contributed by atoms with Gasteiger partial charge in [0.05, 0.1) is 23.0 Å². The van der Waals surface area contributed by atoms with Crippen molar-refractivity contribution in [3.05, 3.63) is 52.6 Å². The first-order valence-electron chi connectivity index (χ1n) is 8.82. The molecule has 1 aromatic heterocycles. The number of nitrogens with one attached hydrogen (secondary N) is 2. The predicted molar refractivity (Wildman–Crippen MR) is 104 cm³/mol. The van der Waals surface area contributed by atoms with E-state index in [4.69, 9.17) is 10.5 Å². The number of pyridine rings is 1. The quantitative estimate of drug-likeness (QED) is 0.729. The van der Waals surface area contributed by atoms with Crippen molar-refractivity contribution in [2.24, 2.45) is 0 Å². The molecule has 3 amide bonds. The lowest BCUT2D eigenvalue weighted by Crippen LogP contribution is -2.49. The Morgan fingerprint density at radius 2 is 2.06 bits per heavy atom. The molecule has 2 N–H and O–H groups in total. The summed E-state index contributed by atoms with van der Waals surface area (Å²) in [7, 11) is -4.66. The maximum absolute atomic E-state index is 13.9. The van der Waals surface area contributed by atoms with Crippen molar-refractivity contribution >= 4 is 27.6 Å². The van der Waals surface area contributed by atoms with Crippen LogP contribution in [0.3, 0.4) is 0 Å². The molecular weight excluding hydrogens is 427 g/mol. The summed E-state index contributed by atoms with van der Waals surface area (Å²) in [5, 5.41) is 22.9. The van der Waals surface area contributed by atoms with Crippen molar-refractivity contribution in [2.45, 2.75) is 24.8 Å². The number of aryl methyl sites for hydroxylation is 1. The molecule has 10 nitrogen and oxygen atoms in total. The van der Waals surface area contributed by atoms with Crippen LogP contribution in [0.5, 0.6) is 0 Å². The highest BCUT2D eigenvalue weighted by Gasteiger charge is 2.40. The Balaban J connectivity index is 1.85. The average molecular weight is 442 g/mol. The van der Waals surface area contributed by atoms with Crippen molar-refractivity contribution in [3.63, 3.8) is 0 Å². The number of halogens is 1. The smallest absolute Gasteiger partial charge is 0.336 e. The largest absolute Gasteiger partial charge is 0.346 e. The Morgan fingerprint density at radius 1 is 1.35 bits per heavy atom. The van der Waals surface area contributed by atoms with Gasteiger partial charge in [-0.2, -0.15) is 10.5 Å². The second-order valence-electron chi connectivity index (χ2n) is 6.68. The van der Waals surface area contributed by atoms with Gasteiger partial charge in [0.1, 0.15) is 35.0 Å². The van der Waals surface area contributed by atoms with E-state index in [0.29, 0.717) is 16.8 Å². The number of sulfonamides is 1. The third-order valence-corrected chi connectivity index (χ3v) is 6.37. The van der Waals surface area contributed by atoms with Gasteiger partial charge in [-0.05, 0) is 37.6 Å². The monoisotopic (exact) mass is 442 g/mol. The number of fused-ring (bicyclic) bond motifs is 1. The SMILES string of the molecule is Cc1cc(C#N)cnc1[C@@H](C)NC(=O)CN1C(=O)Nc2ccc(F)c(C#N)c2S1(=O)=O. The zero-order valence-electron chi connectivity index (χ0n) is 16.3. The summed E-state index contributed by atoms with van der Waals surface area (Å²) < 4.78 is 39.9. The first-order chi connectivity index (χ1) is 14.6. The van der Waals surface area contributed by atoms with E-state index in [9.17, 15) is 22.4 Å². The van der Waals surface area contributed by atoms with Crippen LogP contribution >= 0.6 is 0 Å². The Labute approximate surface area is 177 Å². The third-order valence-electron chi connectivity index (χ3n) is 4.56. The fourth-order valence-electron chi connectivity index (χ4n) is 3.17. The molecule has 0 radical (unpaired) electrons. The van der Waals surface area contributed by atoms with Crippen molar-refractivity contribution < 1.29 is 22.4 Å². The number of amides is 3. The summed E-state index contributed by atoms with van der Waals surface area (Å²) in [4.78, 5) is 28.2. The Bertz CT molecular complexity index is 1300. The van der Waals surface area contributed by atoms with Crippen LogP contribution in [0.4, 0.5) is 14.9 Å². The molecule has 1 atom stereocenters. The van der Waals surface area contributed by atoms with Crippen LogP contribution in [0.1, 0.15) is 35.3 Å². The molecule has 0 unspecified atom stereocenters. The normalized spacial score (nSPS) is 15.1. The van der Waals surface area contributed by atoms with E-state index in [0.717, 1.165) is 12.1 Å². The lowest BCUT2D eigenvalue weighted by molar-refractivity contribution is -0.121. The van der Waals surface area contributed by atoms with E-state index >= 15 is 0 Å². The minimum Gasteiger partial charge on any atom is -0.346 e. The maximum Gasteiger partial charge on any atom is 0.336 e. The molecule has 3 rings (SSSR count). The summed E-state index contributed by atoms with van der Waals surface area (Å²) >= 11 is 0. The molecule has 0 fully saturated rings. The summed E-state index contributed by atoms with van der Waals surface area (Å²) in [5.41, 5.74) is 0.435. The molecule has 0 saturated carbocycles. The number of carbonyl (C=O) groups is 2. The van der Waals surface area contributed by atoms with Gasteiger partial charge in [-0.1, -0.05) is 0 Å². The van der Waals surface area contributed by atoms with Gasteiger partial charge in [-0.25, -0.2) is 21.9 Å². The molecule has 0 saturated heterocycles. The molecule has 0 aliphatic carbocycles. The minimum atomic E-state index is -4.66. The lowest BCUT2D eigenvalue weighted by Gasteiger charge is -2.29. The van der Waals surface area contributed by atoms with Crippen LogP contribution in [0.25, 0.3) is 0 Å². The van der Waals surface area contributed by atoms with Crippen LogP contribution in [-0.2, 0) is 14.8 Å². The lowest BCUT2D eigenvalue weighted by atomic mass is 10.1. The maximum atomic E-state index is 13.9. The molecule has 2 aromatic rings. The van der Waals surface area contributed by atoms with Crippen LogP contribution in [-0.4, -0.2) is 36.2 Å². The van der Waals surface area contributed by atoms with E-state index in [1.54, 1.807) is 19.9 Å². The highest BCUT2D eigenvalue weighted by atomic mass is 32.2. The van der Waals surface area contributed by atoms with Crippen LogP contribution in [0.15, 0.2) is 29.3 Å². The topological polar surface area (TPSA) is 156 Å². The molecular formula is C19H15FN6O4S. The summed E-state index contributed by atoms with van der Waals surface area (Å²) in [5.74, 6) is -1.89. The zero-order chi connectivity index (χ0) is 22.9. The number of urea groups is 1. The molecule has 0 spiro atoms. The number of anilines is 1. The van der Waals surface area contributed by atoms with Crippen LogP contribution in [0.2, 0.25) is 0 Å². The summed E-state index contributed by atoms with van der Waals surface area (Å²) in [6, 6.07) is 5.13. The highest BCUT2D eigenvalue weighted by Crippen LogP contribution is 2.34. The highest BCUT2D eigenvalue weighted by molar-refractivity contribution is 7.90. The van der Waals surface area contributed by atoms with Crippen molar-refractivity contribution in [1.82, 2.24) is 14.6 Å². The van der Waals surface area contributed by atoms with Crippen molar-refractivity contribution in [3.8, 4) is 12.1 Å². The number of nitrogens with zero attached hydrogens (tertiary/aromatic N) is 4. The van der Waals surface area contributed by atoms with E-state index in [1.165, 1.54) is 12.3 Å². The number of benzene rings is 1. The molecule has 12 heteroatoms. The molecule has 1 aromatic carbocycles. The number of aromatic nitrogens is 1. The first-order valence-corrected chi connectivity index (χ1v) is 10.3.